The molecule has 0 saturated carbocycles. The Morgan fingerprint density at radius 2 is 1.90 bits per heavy atom. The number of hydrogen-bond donors (Lipinski definition) is 1. The Bertz CT molecular complexity index is 500. The van der Waals surface area contributed by atoms with Gasteiger partial charge in [0.2, 0.25) is 5.91 Å². The van der Waals surface area contributed by atoms with Gasteiger partial charge in [0.25, 0.3) is 0 Å². The van der Waals surface area contributed by atoms with Gasteiger partial charge in [0, 0.05) is 18.2 Å². The molecule has 1 rings (SSSR count). The van der Waals surface area contributed by atoms with Crippen molar-refractivity contribution in [3.63, 3.8) is 0 Å². The van der Waals surface area contributed by atoms with Gasteiger partial charge >= 0.3 is 5.97 Å². The third kappa shape index (κ3) is 4.55. The van der Waals surface area contributed by atoms with Crippen LogP contribution in [0.2, 0.25) is 0 Å². The maximum atomic E-state index is 13.4. The Kier molecular flexibility index (Phi) is 6.34. The van der Waals surface area contributed by atoms with Gasteiger partial charge in [-0.1, -0.05) is 26.8 Å². The molecule has 1 unspecified atom stereocenters. The average Bonchev–Trinajstić information content (AvgIpc) is 2.45. The number of amides is 1. The number of nitrogens with zero attached hydrogens (tertiary/aromatic N) is 1. The standard InChI is InChI=1S/C16H22FNO3/c1-4-12(5-2)15(19)18(10-11(3)16(20)21)14-8-6-7-13(17)9-14/h6-9,11-12H,4-5,10H2,1-3H3,(H,20,21). The highest BCUT2D eigenvalue weighted by atomic mass is 19.1. The molecule has 1 atom stereocenters. The van der Waals surface area contributed by atoms with Crippen molar-refractivity contribution in [1.82, 2.24) is 0 Å². The summed E-state index contributed by atoms with van der Waals surface area (Å²) in [6.45, 7) is 5.40. The largest absolute Gasteiger partial charge is 0.481 e. The minimum Gasteiger partial charge on any atom is -0.481 e. The second-order valence-electron chi connectivity index (χ2n) is 5.18. The molecule has 0 heterocycles. The molecular weight excluding hydrogens is 273 g/mol. The van der Waals surface area contributed by atoms with Crippen molar-refractivity contribution >= 4 is 17.6 Å². The molecule has 21 heavy (non-hydrogen) atoms. The number of halogens is 1. The SMILES string of the molecule is CCC(CC)C(=O)N(CC(C)C(=O)O)c1cccc(F)c1. The lowest BCUT2D eigenvalue weighted by Crippen LogP contribution is -2.40. The van der Waals surface area contributed by atoms with Crippen LogP contribution in [0.15, 0.2) is 24.3 Å². The maximum absolute atomic E-state index is 13.4. The Morgan fingerprint density at radius 1 is 1.29 bits per heavy atom. The molecule has 1 aromatic carbocycles. The molecule has 0 aliphatic rings. The molecule has 116 valence electrons. The number of aliphatic carboxylic acids is 1. The number of anilines is 1. The van der Waals surface area contributed by atoms with Crippen LogP contribution >= 0.6 is 0 Å². The van der Waals surface area contributed by atoms with Crippen LogP contribution in [-0.4, -0.2) is 23.5 Å². The summed E-state index contributed by atoms with van der Waals surface area (Å²) in [6.07, 6.45) is 1.34. The van der Waals surface area contributed by atoms with Crippen molar-refractivity contribution in [3.05, 3.63) is 30.1 Å². The van der Waals surface area contributed by atoms with E-state index in [2.05, 4.69) is 0 Å². The van der Waals surface area contributed by atoms with Gasteiger partial charge in [-0.15, -0.1) is 0 Å². The zero-order chi connectivity index (χ0) is 16.0. The van der Waals surface area contributed by atoms with E-state index in [-0.39, 0.29) is 18.4 Å². The van der Waals surface area contributed by atoms with E-state index in [1.165, 1.54) is 30.0 Å². The van der Waals surface area contributed by atoms with Gasteiger partial charge in [-0.25, -0.2) is 4.39 Å². The summed E-state index contributed by atoms with van der Waals surface area (Å²) in [6, 6.07) is 5.69. The molecule has 4 nitrogen and oxygen atoms in total. The average molecular weight is 295 g/mol. The summed E-state index contributed by atoms with van der Waals surface area (Å²) in [7, 11) is 0. The van der Waals surface area contributed by atoms with Gasteiger partial charge in [0.1, 0.15) is 5.82 Å². The lowest BCUT2D eigenvalue weighted by Gasteiger charge is -2.28. The van der Waals surface area contributed by atoms with Crippen molar-refractivity contribution < 1.29 is 19.1 Å². The summed E-state index contributed by atoms with van der Waals surface area (Å²) in [4.78, 5) is 25.0. The number of carbonyl (C=O) groups excluding carboxylic acids is 1. The topological polar surface area (TPSA) is 57.6 Å². The highest BCUT2D eigenvalue weighted by Gasteiger charge is 2.26. The second-order valence-corrected chi connectivity index (χ2v) is 5.18. The molecule has 0 aliphatic heterocycles. The van der Waals surface area contributed by atoms with E-state index >= 15 is 0 Å². The molecule has 0 radical (unpaired) electrons. The van der Waals surface area contributed by atoms with E-state index in [9.17, 15) is 14.0 Å². The van der Waals surface area contributed by atoms with Crippen molar-refractivity contribution in [3.8, 4) is 0 Å². The van der Waals surface area contributed by atoms with E-state index in [0.717, 1.165) is 0 Å². The minimum atomic E-state index is -0.978. The van der Waals surface area contributed by atoms with Crippen LogP contribution in [0, 0.1) is 17.7 Å². The molecular formula is C16H22FNO3. The number of hydrogen-bond acceptors (Lipinski definition) is 2. The summed E-state index contributed by atoms with van der Waals surface area (Å²) in [5.41, 5.74) is 0.403. The van der Waals surface area contributed by atoms with Crippen LogP contribution in [0.5, 0.6) is 0 Å². The van der Waals surface area contributed by atoms with Crippen molar-refractivity contribution in [1.29, 1.82) is 0 Å². The fraction of sp³-hybridized carbons (Fsp3) is 0.500. The lowest BCUT2D eigenvalue weighted by molar-refractivity contribution is -0.140. The fourth-order valence-electron chi connectivity index (χ4n) is 2.18. The van der Waals surface area contributed by atoms with E-state index < -0.39 is 17.7 Å². The zero-order valence-electron chi connectivity index (χ0n) is 12.7. The van der Waals surface area contributed by atoms with Crippen LogP contribution in [0.25, 0.3) is 0 Å². The molecule has 1 amide bonds. The van der Waals surface area contributed by atoms with Crippen molar-refractivity contribution in [2.75, 3.05) is 11.4 Å². The first-order valence-corrected chi connectivity index (χ1v) is 7.20. The Hall–Kier alpha value is -1.91. The normalized spacial score (nSPS) is 12.2. The summed E-state index contributed by atoms with van der Waals surface area (Å²) in [5, 5.41) is 9.06. The third-order valence-corrected chi connectivity index (χ3v) is 3.60. The molecule has 0 aromatic heterocycles. The number of carbonyl (C=O) groups is 2. The Labute approximate surface area is 124 Å². The second kappa shape index (κ2) is 7.76. The molecule has 0 aliphatic carbocycles. The lowest BCUT2D eigenvalue weighted by atomic mass is 10.0. The van der Waals surface area contributed by atoms with E-state index in [0.29, 0.717) is 18.5 Å². The molecule has 0 saturated heterocycles. The van der Waals surface area contributed by atoms with Gasteiger partial charge in [-0.05, 0) is 31.0 Å². The third-order valence-electron chi connectivity index (χ3n) is 3.60. The molecule has 1 N–H and O–H groups in total. The van der Waals surface area contributed by atoms with Crippen LogP contribution in [0.1, 0.15) is 33.6 Å². The number of carboxylic acids is 1. The van der Waals surface area contributed by atoms with Gasteiger partial charge in [-0.2, -0.15) is 0 Å². The number of carboxylic acid groups (broad SMARTS) is 1. The fourth-order valence-corrected chi connectivity index (χ4v) is 2.18. The predicted octanol–water partition coefficient (Wildman–Crippen LogP) is 3.32. The van der Waals surface area contributed by atoms with E-state index in [1.807, 2.05) is 13.8 Å². The Morgan fingerprint density at radius 3 is 2.38 bits per heavy atom. The summed E-state index contributed by atoms with van der Waals surface area (Å²) in [5.74, 6) is -2.48. The Balaban J connectivity index is 3.10. The first kappa shape index (κ1) is 17.1. The summed E-state index contributed by atoms with van der Waals surface area (Å²) >= 11 is 0. The predicted molar refractivity (Wildman–Crippen MR) is 79.6 cm³/mol. The first-order chi connectivity index (χ1) is 9.90. The van der Waals surface area contributed by atoms with Gasteiger partial charge in [-0.3, -0.25) is 9.59 Å². The van der Waals surface area contributed by atoms with Crippen molar-refractivity contribution in [2.24, 2.45) is 11.8 Å². The first-order valence-electron chi connectivity index (χ1n) is 7.20. The van der Waals surface area contributed by atoms with Gasteiger partial charge in [0.15, 0.2) is 0 Å². The van der Waals surface area contributed by atoms with E-state index in [4.69, 9.17) is 5.11 Å². The molecule has 0 bridgehead atoms. The van der Waals surface area contributed by atoms with Crippen LogP contribution < -0.4 is 4.90 Å². The van der Waals surface area contributed by atoms with Crippen LogP contribution in [-0.2, 0) is 9.59 Å². The van der Waals surface area contributed by atoms with E-state index in [1.54, 1.807) is 6.07 Å². The molecule has 1 aromatic rings. The summed E-state index contributed by atoms with van der Waals surface area (Å²) < 4.78 is 13.4. The van der Waals surface area contributed by atoms with Gasteiger partial charge < -0.3 is 10.0 Å². The molecule has 5 heteroatoms. The quantitative estimate of drug-likeness (QED) is 0.839. The highest BCUT2D eigenvalue weighted by molar-refractivity contribution is 5.95. The highest BCUT2D eigenvalue weighted by Crippen LogP contribution is 2.22. The van der Waals surface area contributed by atoms with Crippen LogP contribution in [0.3, 0.4) is 0 Å². The molecule has 0 spiro atoms. The van der Waals surface area contributed by atoms with Crippen LogP contribution in [0.4, 0.5) is 10.1 Å². The number of benzene rings is 1. The number of rotatable bonds is 7. The van der Waals surface area contributed by atoms with Crippen molar-refractivity contribution in [2.45, 2.75) is 33.6 Å². The smallest absolute Gasteiger partial charge is 0.308 e. The minimum absolute atomic E-state index is 0.0358. The zero-order valence-corrected chi connectivity index (χ0v) is 12.7. The monoisotopic (exact) mass is 295 g/mol. The van der Waals surface area contributed by atoms with Gasteiger partial charge in [0.05, 0.1) is 5.92 Å². The molecule has 0 fully saturated rings. The maximum Gasteiger partial charge on any atom is 0.308 e.